The largest absolute Gasteiger partial charge is 0.327 e. The number of thiol groups is 1. The monoisotopic (exact) mass is 398 g/mol. The average molecular weight is 399 g/mol. The molecule has 7 heteroatoms. The van der Waals surface area contributed by atoms with Gasteiger partial charge in [0.25, 0.3) is 0 Å². The summed E-state index contributed by atoms with van der Waals surface area (Å²) in [6.07, 6.45) is 10.8. The van der Waals surface area contributed by atoms with Crippen LogP contribution >= 0.6 is 60.6 Å². The van der Waals surface area contributed by atoms with Crippen molar-refractivity contribution in [2.75, 3.05) is 6.54 Å². The van der Waals surface area contributed by atoms with Crippen molar-refractivity contribution in [2.24, 2.45) is 0 Å². The summed E-state index contributed by atoms with van der Waals surface area (Å²) in [4.78, 5) is 4.84. The van der Waals surface area contributed by atoms with Gasteiger partial charge in [-0.15, -0.1) is 24.0 Å². The summed E-state index contributed by atoms with van der Waals surface area (Å²) in [5.74, 6) is 0. The highest BCUT2D eigenvalue weighted by Crippen LogP contribution is 2.24. The van der Waals surface area contributed by atoms with E-state index in [9.17, 15) is 0 Å². The Morgan fingerprint density at radius 2 is 1.87 bits per heavy atom. The molecule has 1 aliphatic heterocycles. The van der Waals surface area contributed by atoms with Gasteiger partial charge < -0.3 is 9.47 Å². The van der Waals surface area contributed by atoms with Crippen LogP contribution in [-0.4, -0.2) is 26.0 Å². The number of rotatable bonds is 5. The Kier molecular flexibility index (Phi) is 6.91. The normalized spacial score (nSPS) is 17.5. The molecular formula is C16H18N2S5. The number of likely N-dealkylation sites (tertiary alicyclic amines) is 1. The molecule has 122 valence electrons. The second-order valence-corrected chi connectivity index (χ2v) is 7.81. The Morgan fingerprint density at radius 1 is 1.13 bits per heavy atom. The summed E-state index contributed by atoms with van der Waals surface area (Å²) < 4.78 is 2.87. The van der Waals surface area contributed by atoms with Gasteiger partial charge >= 0.3 is 0 Å². The van der Waals surface area contributed by atoms with E-state index in [0.717, 1.165) is 48.9 Å². The summed E-state index contributed by atoms with van der Waals surface area (Å²) in [7, 11) is 0. The Morgan fingerprint density at radius 3 is 2.43 bits per heavy atom. The first-order valence-corrected chi connectivity index (χ1v) is 9.79. The zero-order valence-corrected chi connectivity index (χ0v) is 17.1. The van der Waals surface area contributed by atoms with Gasteiger partial charge in [0.2, 0.25) is 0 Å². The molecule has 0 radical (unpaired) electrons. The van der Waals surface area contributed by atoms with Gasteiger partial charge in [-0.1, -0.05) is 48.7 Å². The first-order chi connectivity index (χ1) is 11.0. The molecule has 0 aromatic carbocycles. The molecule has 0 aliphatic carbocycles. The Hall–Kier alpha value is -0.600. The molecule has 0 unspecified atom stereocenters. The lowest BCUT2D eigenvalue weighted by atomic mass is 10.2. The number of allylic oxidation sites excluding steroid dienone is 4. The number of thiazole rings is 1. The fraction of sp³-hybridized carbons (Fsp3) is 0.312. The number of nitrogens with zero attached hydrogens (tertiary/aromatic N) is 2. The Balaban J connectivity index is 2.05. The van der Waals surface area contributed by atoms with Crippen molar-refractivity contribution in [1.82, 2.24) is 9.47 Å². The standard InChI is InChI=1S/C16H18N2S5/c1-3-17-13(19)10-11(14(17)20)8-6-5-7-9-12-15(21)18(4-2)16(22)23-12/h5-9,21H,3-4,10H2,1-2H3/b6-5+,9-7+,11-8+. The lowest BCUT2D eigenvalue weighted by molar-refractivity contribution is 0.677. The zero-order chi connectivity index (χ0) is 17.0. The SMILES string of the molecule is CCN1C(=S)C\C(=C/C=C/C=C/c2sc(=S)n(CC)c2S)C1=S. The maximum atomic E-state index is 5.44. The molecule has 1 aromatic rings. The molecule has 0 bridgehead atoms. The van der Waals surface area contributed by atoms with Crippen molar-refractivity contribution >= 4 is 76.7 Å². The van der Waals surface area contributed by atoms with Gasteiger partial charge in [0.15, 0.2) is 3.95 Å². The maximum Gasteiger partial charge on any atom is 0.162 e. The Bertz CT molecular complexity index is 764. The second kappa shape index (κ2) is 8.48. The van der Waals surface area contributed by atoms with E-state index in [0.29, 0.717) is 0 Å². The Labute approximate surface area is 162 Å². The molecule has 1 aliphatic rings. The second-order valence-electron chi connectivity index (χ2n) is 4.86. The molecular weight excluding hydrogens is 381 g/mol. The van der Waals surface area contributed by atoms with Crippen LogP contribution in [0.2, 0.25) is 0 Å². The lowest BCUT2D eigenvalue weighted by Crippen LogP contribution is -2.26. The van der Waals surface area contributed by atoms with E-state index < -0.39 is 0 Å². The van der Waals surface area contributed by atoms with Gasteiger partial charge in [0.05, 0.1) is 14.9 Å². The molecule has 2 rings (SSSR count). The topological polar surface area (TPSA) is 8.17 Å². The van der Waals surface area contributed by atoms with Crippen molar-refractivity contribution < 1.29 is 0 Å². The van der Waals surface area contributed by atoms with Crippen LogP contribution in [0.25, 0.3) is 6.08 Å². The van der Waals surface area contributed by atoms with E-state index in [1.165, 1.54) is 0 Å². The van der Waals surface area contributed by atoms with Crippen molar-refractivity contribution in [1.29, 1.82) is 0 Å². The van der Waals surface area contributed by atoms with Crippen LogP contribution in [0.1, 0.15) is 25.1 Å². The molecule has 0 N–H and O–H groups in total. The van der Waals surface area contributed by atoms with Gasteiger partial charge in [0.1, 0.15) is 4.99 Å². The molecule has 0 atom stereocenters. The van der Waals surface area contributed by atoms with Gasteiger partial charge in [0, 0.05) is 19.5 Å². The number of likely N-dealkylation sites (N-methyl/N-ethyl adjacent to an activating group) is 1. The van der Waals surface area contributed by atoms with Crippen LogP contribution in [0, 0.1) is 3.95 Å². The predicted molar refractivity (Wildman–Crippen MR) is 115 cm³/mol. The van der Waals surface area contributed by atoms with Crippen LogP contribution in [0.4, 0.5) is 0 Å². The van der Waals surface area contributed by atoms with Crippen molar-refractivity contribution in [3.05, 3.63) is 38.7 Å². The van der Waals surface area contributed by atoms with Gasteiger partial charge in [-0.05, 0) is 37.7 Å². The van der Waals surface area contributed by atoms with Crippen LogP contribution in [-0.2, 0) is 6.54 Å². The maximum absolute atomic E-state index is 5.44. The third-order valence-electron chi connectivity index (χ3n) is 3.46. The third-order valence-corrected chi connectivity index (χ3v) is 6.35. The van der Waals surface area contributed by atoms with E-state index in [4.69, 9.17) is 36.7 Å². The lowest BCUT2D eigenvalue weighted by Gasteiger charge is -2.13. The molecule has 2 nitrogen and oxygen atoms in total. The number of thiocarbonyl (C=S) groups is 2. The van der Waals surface area contributed by atoms with E-state index in [1.807, 2.05) is 39.8 Å². The molecule has 1 aromatic heterocycles. The van der Waals surface area contributed by atoms with Crippen LogP contribution in [0.3, 0.4) is 0 Å². The summed E-state index contributed by atoms with van der Waals surface area (Å²) in [5.41, 5.74) is 1.11. The predicted octanol–water partition coefficient (Wildman–Crippen LogP) is 5.46. The van der Waals surface area contributed by atoms with Crippen LogP contribution < -0.4 is 0 Å². The molecule has 1 fully saturated rings. The van der Waals surface area contributed by atoms with E-state index in [2.05, 4.69) is 26.5 Å². The van der Waals surface area contributed by atoms with Gasteiger partial charge in [-0.3, -0.25) is 0 Å². The smallest absolute Gasteiger partial charge is 0.162 e. The number of hydrogen-bond acceptors (Lipinski definition) is 5. The summed E-state index contributed by atoms with van der Waals surface area (Å²) in [6.45, 7) is 5.81. The van der Waals surface area contributed by atoms with Gasteiger partial charge in [-0.2, -0.15) is 0 Å². The molecule has 1 saturated heterocycles. The zero-order valence-electron chi connectivity index (χ0n) is 13.0. The van der Waals surface area contributed by atoms with Gasteiger partial charge in [-0.25, -0.2) is 0 Å². The summed E-state index contributed by atoms with van der Waals surface area (Å²) >= 11 is 22.2. The quantitative estimate of drug-likeness (QED) is 0.305. The van der Waals surface area contributed by atoms with Crippen LogP contribution in [0.15, 0.2) is 34.9 Å². The highest BCUT2D eigenvalue weighted by molar-refractivity contribution is 7.82. The number of hydrogen-bond donors (Lipinski definition) is 1. The average Bonchev–Trinajstić information content (AvgIpc) is 2.94. The minimum Gasteiger partial charge on any atom is -0.327 e. The van der Waals surface area contributed by atoms with Crippen molar-refractivity contribution in [3.63, 3.8) is 0 Å². The fourth-order valence-electron chi connectivity index (χ4n) is 2.25. The van der Waals surface area contributed by atoms with Crippen molar-refractivity contribution in [2.45, 2.75) is 31.8 Å². The fourth-order valence-corrected chi connectivity index (χ4v) is 5.01. The minimum atomic E-state index is 0.761. The third kappa shape index (κ3) is 4.28. The van der Waals surface area contributed by atoms with E-state index in [-0.39, 0.29) is 0 Å². The molecule has 0 amide bonds. The highest BCUT2D eigenvalue weighted by Gasteiger charge is 2.24. The first-order valence-electron chi connectivity index (χ1n) is 7.30. The highest BCUT2D eigenvalue weighted by atomic mass is 32.1. The molecule has 2 heterocycles. The number of aromatic nitrogens is 1. The summed E-state index contributed by atoms with van der Waals surface area (Å²) in [6, 6.07) is 0. The van der Waals surface area contributed by atoms with Crippen LogP contribution in [0.5, 0.6) is 0 Å². The summed E-state index contributed by atoms with van der Waals surface area (Å²) in [5, 5.41) is 0.923. The van der Waals surface area contributed by atoms with Crippen molar-refractivity contribution in [3.8, 4) is 0 Å². The molecule has 23 heavy (non-hydrogen) atoms. The molecule has 0 spiro atoms. The first kappa shape index (κ1) is 18.7. The molecule has 0 saturated carbocycles. The van der Waals surface area contributed by atoms with E-state index >= 15 is 0 Å². The minimum absolute atomic E-state index is 0.761. The van der Waals surface area contributed by atoms with E-state index in [1.54, 1.807) is 11.3 Å².